The highest BCUT2D eigenvalue weighted by Gasteiger charge is 2.17. The second-order valence-corrected chi connectivity index (χ2v) is 5.01. The van der Waals surface area contributed by atoms with Crippen LogP contribution in [0.1, 0.15) is 36.8 Å². The number of benzene rings is 1. The summed E-state index contributed by atoms with van der Waals surface area (Å²) in [7, 11) is 0. The van der Waals surface area contributed by atoms with Crippen LogP contribution < -0.4 is 4.57 Å². The van der Waals surface area contributed by atoms with Gasteiger partial charge in [-0.25, -0.2) is 13.5 Å². The number of halogens is 1. The summed E-state index contributed by atoms with van der Waals surface area (Å²) < 4.78 is 18.1. The molecule has 0 radical (unpaired) electrons. The molecule has 1 heterocycles. The summed E-state index contributed by atoms with van der Waals surface area (Å²) in [5, 5.41) is 0. The van der Waals surface area contributed by atoms with Gasteiger partial charge in [0.15, 0.2) is 0 Å². The molecule has 0 fully saturated rings. The first-order valence-corrected chi connectivity index (χ1v) is 6.31. The molecule has 0 bridgehead atoms. The molecule has 0 amide bonds. The molecule has 0 saturated heterocycles. The minimum Gasteiger partial charge on any atom is -0.232 e. The fourth-order valence-electron chi connectivity index (χ4n) is 2.27. The summed E-state index contributed by atoms with van der Waals surface area (Å²) in [5.74, 6) is 1.02. The van der Waals surface area contributed by atoms with E-state index in [0.29, 0.717) is 12.6 Å². The van der Waals surface area contributed by atoms with E-state index in [1.807, 2.05) is 19.2 Å². The molecular formula is C15H20FN2+. The molecule has 0 unspecified atom stereocenters. The minimum atomic E-state index is -0.126. The molecule has 18 heavy (non-hydrogen) atoms. The van der Waals surface area contributed by atoms with Crippen molar-refractivity contribution in [2.45, 2.75) is 40.3 Å². The van der Waals surface area contributed by atoms with Crippen molar-refractivity contribution < 1.29 is 8.96 Å². The summed E-state index contributed by atoms with van der Waals surface area (Å²) in [5.41, 5.74) is 1.77. The zero-order chi connectivity index (χ0) is 13.3. The van der Waals surface area contributed by atoms with Crippen LogP contribution in [0.2, 0.25) is 0 Å². The van der Waals surface area contributed by atoms with Gasteiger partial charge in [-0.3, -0.25) is 0 Å². The SMILES string of the molecule is Cc1cccc(F)c1C[n+]1ccn(C(C)C)c1C. The highest BCUT2D eigenvalue weighted by Crippen LogP contribution is 2.13. The lowest BCUT2D eigenvalue weighted by Gasteiger charge is -2.07. The van der Waals surface area contributed by atoms with Crippen molar-refractivity contribution in [1.82, 2.24) is 4.57 Å². The third kappa shape index (κ3) is 2.30. The summed E-state index contributed by atoms with van der Waals surface area (Å²) in [4.78, 5) is 0. The molecule has 0 saturated carbocycles. The molecule has 0 N–H and O–H groups in total. The van der Waals surface area contributed by atoms with E-state index in [-0.39, 0.29) is 5.82 Å². The molecule has 0 aliphatic carbocycles. The van der Waals surface area contributed by atoms with E-state index in [2.05, 4.69) is 36.1 Å². The van der Waals surface area contributed by atoms with Crippen molar-refractivity contribution in [1.29, 1.82) is 0 Å². The third-order valence-electron chi connectivity index (χ3n) is 3.43. The predicted molar refractivity (Wildman–Crippen MR) is 70.0 cm³/mol. The van der Waals surface area contributed by atoms with E-state index < -0.39 is 0 Å². The maximum atomic E-state index is 13.8. The van der Waals surface area contributed by atoms with Crippen LogP contribution in [0, 0.1) is 19.7 Å². The highest BCUT2D eigenvalue weighted by atomic mass is 19.1. The molecule has 2 aromatic rings. The number of hydrogen-bond acceptors (Lipinski definition) is 0. The summed E-state index contributed by atoms with van der Waals surface area (Å²) in [6.45, 7) is 8.89. The largest absolute Gasteiger partial charge is 0.253 e. The fourth-order valence-corrected chi connectivity index (χ4v) is 2.27. The zero-order valence-corrected chi connectivity index (χ0v) is 11.4. The summed E-state index contributed by atoms with van der Waals surface area (Å²) in [6, 6.07) is 5.66. The molecule has 1 aromatic heterocycles. The topological polar surface area (TPSA) is 8.81 Å². The first-order valence-electron chi connectivity index (χ1n) is 6.31. The van der Waals surface area contributed by atoms with E-state index >= 15 is 0 Å². The van der Waals surface area contributed by atoms with Crippen LogP contribution in [0.3, 0.4) is 0 Å². The first kappa shape index (κ1) is 12.8. The van der Waals surface area contributed by atoms with Gasteiger partial charge in [-0.15, -0.1) is 0 Å². The Kier molecular flexibility index (Phi) is 3.50. The van der Waals surface area contributed by atoms with Crippen LogP contribution in [0.5, 0.6) is 0 Å². The average molecular weight is 247 g/mol. The number of aryl methyl sites for hydroxylation is 1. The van der Waals surface area contributed by atoms with Gasteiger partial charge in [0.05, 0.1) is 6.04 Å². The average Bonchev–Trinajstić information content (AvgIpc) is 2.66. The minimum absolute atomic E-state index is 0.126. The molecule has 2 nitrogen and oxygen atoms in total. The van der Waals surface area contributed by atoms with Gasteiger partial charge in [0.2, 0.25) is 0 Å². The lowest BCUT2D eigenvalue weighted by atomic mass is 10.1. The Morgan fingerprint density at radius 2 is 2.00 bits per heavy atom. The first-order chi connectivity index (χ1) is 8.50. The molecule has 3 heteroatoms. The molecule has 96 valence electrons. The van der Waals surface area contributed by atoms with Gasteiger partial charge in [0, 0.05) is 12.5 Å². The van der Waals surface area contributed by atoms with Crippen LogP contribution in [0.25, 0.3) is 0 Å². The monoisotopic (exact) mass is 247 g/mol. The standard InChI is InChI=1S/C15H20FN2/c1-11(2)18-9-8-17(13(18)4)10-14-12(3)6-5-7-15(14)16/h5-9,11H,10H2,1-4H3/q+1. The Hall–Kier alpha value is -1.64. The van der Waals surface area contributed by atoms with Gasteiger partial charge in [-0.1, -0.05) is 12.1 Å². The fraction of sp³-hybridized carbons (Fsp3) is 0.400. The normalized spacial score (nSPS) is 11.2. The number of hydrogen-bond donors (Lipinski definition) is 0. The molecular weight excluding hydrogens is 227 g/mol. The molecule has 0 atom stereocenters. The molecule has 2 rings (SSSR count). The molecule has 1 aromatic carbocycles. The van der Waals surface area contributed by atoms with Crippen LogP contribution in [-0.2, 0) is 6.54 Å². The van der Waals surface area contributed by atoms with Crippen LogP contribution in [0.4, 0.5) is 4.39 Å². The Morgan fingerprint density at radius 3 is 2.56 bits per heavy atom. The van der Waals surface area contributed by atoms with E-state index in [1.54, 1.807) is 6.07 Å². The number of imidazole rings is 1. The van der Waals surface area contributed by atoms with Gasteiger partial charge < -0.3 is 0 Å². The second-order valence-electron chi connectivity index (χ2n) is 5.01. The van der Waals surface area contributed by atoms with E-state index in [4.69, 9.17) is 0 Å². The Bertz CT molecular complexity index is 535. The highest BCUT2D eigenvalue weighted by molar-refractivity contribution is 5.26. The number of aromatic nitrogens is 2. The van der Waals surface area contributed by atoms with Crippen LogP contribution >= 0.6 is 0 Å². The Balaban J connectivity index is 2.35. The lowest BCUT2D eigenvalue weighted by molar-refractivity contribution is -0.694. The third-order valence-corrected chi connectivity index (χ3v) is 3.43. The van der Waals surface area contributed by atoms with Crippen molar-refractivity contribution in [3.05, 3.63) is 53.4 Å². The van der Waals surface area contributed by atoms with Crippen LogP contribution in [0.15, 0.2) is 30.6 Å². The van der Waals surface area contributed by atoms with Crippen molar-refractivity contribution in [3.8, 4) is 0 Å². The van der Waals surface area contributed by atoms with Gasteiger partial charge in [-0.2, -0.15) is 0 Å². The maximum absolute atomic E-state index is 13.8. The van der Waals surface area contributed by atoms with Gasteiger partial charge in [0.25, 0.3) is 5.82 Å². The second kappa shape index (κ2) is 4.92. The van der Waals surface area contributed by atoms with Crippen molar-refractivity contribution in [2.75, 3.05) is 0 Å². The van der Waals surface area contributed by atoms with Crippen molar-refractivity contribution in [2.24, 2.45) is 0 Å². The molecule has 0 aliphatic heterocycles. The predicted octanol–water partition coefficient (Wildman–Crippen LogP) is 3.16. The lowest BCUT2D eigenvalue weighted by Crippen LogP contribution is -2.37. The van der Waals surface area contributed by atoms with E-state index in [1.165, 1.54) is 6.07 Å². The van der Waals surface area contributed by atoms with E-state index in [9.17, 15) is 4.39 Å². The molecule has 0 spiro atoms. The van der Waals surface area contributed by atoms with Crippen molar-refractivity contribution >= 4 is 0 Å². The quantitative estimate of drug-likeness (QED) is 0.737. The van der Waals surface area contributed by atoms with Crippen molar-refractivity contribution in [3.63, 3.8) is 0 Å². The van der Waals surface area contributed by atoms with Gasteiger partial charge in [-0.05, 0) is 32.4 Å². The Labute approximate surface area is 108 Å². The molecule has 0 aliphatic rings. The number of rotatable bonds is 3. The summed E-state index contributed by atoms with van der Waals surface area (Å²) >= 11 is 0. The summed E-state index contributed by atoms with van der Waals surface area (Å²) in [6.07, 6.45) is 4.07. The maximum Gasteiger partial charge on any atom is 0.253 e. The van der Waals surface area contributed by atoms with Gasteiger partial charge in [0.1, 0.15) is 24.8 Å². The smallest absolute Gasteiger partial charge is 0.232 e. The number of nitrogens with zero attached hydrogens (tertiary/aromatic N) is 2. The Morgan fingerprint density at radius 1 is 1.28 bits per heavy atom. The van der Waals surface area contributed by atoms with Crippen LogP contribution in [-0.4, -0.2) is 4.57 Å². The van der Waals surface area contributed by atoms with Gasteiger partial charge >= 0.3 is 0 Å². The van der Waals surface area contributed by atoms with E-state index in [0.717, 1.165) is 17.0 Å². The zero-order valence-electron chi connectivity index (χ0n) is 11.4.